The van der Waals surface area contributed by atoms with Crippen molar-refractivity contribution in [2.45, 2.75) is 39.0 Å². The third kappa shape index (κ3) is 1.71. The van der Waals surface area contributed by atoms with Gasteiger partial charge in [0.2, 0.25) is 0 Å². The maximum Gasteiger partial charge on any atom is 0.0829 e. The smallest absolute Gasteiger partial charge is 0.0829 e. The molecule has 2 nitrogen and oxygen atoms in total. The summed E-state index contributed by atoms with van der Waals surface area (Å²) in [5, 5.41) is 9.40. The summed E-state index contributed by atoms with van der Waals surface area (Å²) in [4.78, 5) is 4.01. The lowest BCUT2D eigenvalue weighted by molar-refractivity contribution is 0.0782. The fourth-order valence-electron chi connectivity index (χ4n) is 2.46. The van der Waals surface area contributed by atoms with Crippen LogP contribution in [0.2, 0.25) is 0 Å². The minimum atomic E-state index is -0.249. The van der Waals surface area contributed by atoms with E-state index in [9.17, 15) is 5.26 Å². The number of aromatic nitrogens is 1. The number of hydrogen-bond donors (Lipinski definition) is 0. The molecule has 2 heteroatoms. The maximum atomic E-state index is 9.40. The topological polar surface area (TPSA) is 36.7 Å². The van der Waals surface area contributed by atoms with E-state index in [0.29, 0.717) is 11.3 Å². The van der Waals surface area contributed by atoms with E-state index >= 15 is 0 Å². The van der Waals surface area contributed by atoms with Crippen molar-refractivity contribution in [2.75, 3.05) is 0 Å². The predicted octanol–water partition coefficient (Wildman–Crippen LogP) is 3.30. The molecule has 1 fully saturated rings. The van der Waals surface area contributed by atoms with Crippen molar-refractivity contribution in [3.05, 3.63) is 30.1 Å². The molecule has 0 bridgehead atoms. The number of rotatable bonds is 1. The van der Waals surface area contributed by atoms with Gasteiger partial charge in [0.15, 0.2) is 0 Å². The zero-order valence-corrected chi connectivity index (χ0v) is 10.2. The molecule has 1 heterocycles. The van der Waals surface area contributed by atoms with Crippen LogP contribution in [0.4, 0.5) is 0 Å². The van der Waals surface area contributed by atoms with Crippen LogP contribution in [-0.4, -0.2) is 4.98 Å². The second-order valence-electron chi connectivity index (χ2n) is 5.90. The molecule has 0 N–H and O–H groups in total. The van der Waals surface area contributed by atoms with Crippen molar-refractivity contribution in [3.8, 4) is 6.07 Å². The summed E-state index contributed by atoms with van der Waals surface area (Å²) in [6.45, 7) is 6.77. The van der Waals surface area contributed by atoms with Gasteiger partial charge in [0.1, 0.15) is 0 Å². The molecule has 0 saturated heterocycles. The maximum absolute atomic E-state index is 9.40. The van der Waals surface area contributed by atoms with E-state index in [1.807, 2.05) is 12.1 Å². The molecule has 0 amide bonds. The molecule has 1 aromatic rings. The van der Waals surface area contributed by atoms with E-state index in [1.54, 1.807) is 12.4 Å². The van der Waals surface area contributed by atoms with Crippen LogP contribution in [0.1, 0.15) is 39.2 Å². The van der Waals surface area contributed by atoms with Crippen LogP contribution in [0, 0.1) is 22.7 Å². The summed E-state index contributed by atoms with van der Waals surface area (Å²) in [7, 11) is 0. The van der Waals surface area contributed by atoms with Crippen molar-refractivity contribution in [2.24, 2.45) is 11.3 Å². The van der Waals surface area contributed by atoms with Crippen molar-refractivity contribution < 1.29 is 0 Å². The first-order valence-corrected chi connectivity index (χ1v) is 5.80. The Morgan fingerprint density at radius 2 is 1.88 bits per heavy atom. The largest absolute Gasteiger partial charge is 0.265 e. The van der Waals surface area contributed by atoms with Gasteiger partial charge in [0, 0.05) is 12.4 Å². The zero-order chi connectivity index (χ0) is 11.8. The van der Waals surface area contributed by atoms with Gasteiger partial charge in [-0.2, -0.15) is 5.26 Å². The Morgan fingerprint density at radius 1 is 1.31 bits per heavy atom. The van der Waals surface area contributed by atoms with Crippen LogP contribution in [0.15, 0.2) is 24.5 Å². The van der Waals surface area contributed by atoms with Crippen LogP contribution in [0.3, 0.4) is 0 Å². The van der Waals surface area contributed by atoms with Crippen molar-refractivity contribution in [1.82, 2.24) is 4.98 Å². The molecular weight excluding hydrogens is 196 g/mol. The molecular formula is C14H18N2. The SMILES string of the molecule is CC(C)(C)C1CC(C#N)(c2ccncc2)C1. The summed E-state index contributed by atoms with van der Waals surface area (Å²) in [5.74, 6) is 0.653. The Morgan fingerprint density at radius 3 is 2.31 bits per heavy atom. The van der Waals surface area contributed by atoms with Gasteiger partial charge in [-0.15, -0.1) is 0 Å². The number of pyridine rings is 1. The average Bonchev–Trinajstić information content (AvgIpc) is 2.16. The number of nitriles is 1. The molecule has 2 rings (SSSR count). The highest BCUT2D eigenvalue weighted by Crippen LogP contribution is 2.53. The summed E-state index contributed by atoms with van der Waals surface area (Å²) in [6, 6.07) is 6.45. The minimum Gasteiger partial charge on any atom is -0.265 e. The fourth-order valence-corrected chi connectivity index (χ4v) is 2.46. The third-order valence-electron chi connectivity index (χ3n) is 3.86. The van der Waals surface area contributed by atoms with E-state index in [1.165, 1.54) is 0 Å². The Labute approximate surface area is 97.3 Å². The average molecular weight is 214 g/mol. The quantitative estimate of drug-likeness (QED) is 0.719. The van der Waals surface area contributed by atoms with E-state index in [-0.39, 0.29) is 5.41 Å². The number of nitrogens with zero attached hydrogens (tertiary/aromatic N) is 2. The predicted molar refractivity (Wildman–Crippen MR) is 63.7 cm³/mol. The van der Waals surface area contributed by atoms with Crippen molar-refractivity contribution in [1.29, 1.82) is 5.26 Å². The van der Waals surface area contributed by atoms with Gasteiger partial charge in [-0.1, -0.05) is 20.8 Å². The monoisotopic (exact) mass is 214 g/mol. The summed E-state index contributed by atoms with van der Waals surface area (Å²) in [5.41, 5.74) is 1.19. The van der Waals surface area contributed by atoms with Gasteiger partial charge in [-0.25, -0.2) is 0 Å². The van der Waals surface area contributed by atoms with Crippen LogP contribution in [-0.2, 0) is 5.41 Å². The molecule has 0 aliphatic heterocycles. The first-order chi connectivity index (χ1) is 7.48. The van der Waals surface area contributed by atoms with Gasteiger partial charge < -0.3 is 0 Å². The highest BCUT2D eigenvalue weighted by molar-refractivity contribution is 5.35. The standard InChI is InChI=1S/C14H18N2/c1-13(2,3)12-8-14(9-12,10-15)11-4-6-16-7-5-11/h4-7,12H,8-9H2,1-3H3. The molecule has 84 valence electrons. The molecule has 16 heavy (non-hydrogen) atoms. The summed E-state index contributed by atoms with van der Waals surface area (Å²) in [6.07, 6.45) is 5.52. The van der Waals surface area contributed by atoms with Crippen LogP contribution < -0.4 is 0 Å². The van der Waals surface area contributed by atoms with E-state index in [0.717, 1.165) is 18.4 Å². The lowest BCUT2D eigenvalue weighted by atomic mass is 9.53. The summed E-state index contributed by atoms with van der Waals surface area (Å²) >= 11 is 0. The first-order valence-electron chi connectivity index (χ1n) is 5.80. The lowest BCUT2D eigenvalue weighted by Crippen LogP contribution is -2.45. The molecule has 0 unspecified atom stereocenters. The molecule has 1 aliphatic rings. The first kappa shape index (κ1) is 11.1. The van der Waals surface area contributed by atoms with Crippen LogP contribution >= 0.6 is 0 Å². The minimum absolute atomic E-state index is 0.249. The van der Waals surface area contributed by atoms with Crippen LogP contribution in [0.25, 0.3) is 0 Å². The normalized spacial score (nSPS) is 29.2. The van der Waals surface area contributed by atoms with Crippen molar-refractivity contribution >= 4 is 0 Å². The van der Waals surface area contributed by atoms with Gasteiger partial charge in [-0.3, -0.25) is 4.98 Å². The summed E-state index contributed by atoms with van der Waals surface area (Å²) < 4.78 is 0. The van der Waals surface area contributed by atoms with E-state index in [2.05, 4.69) is 31.8 Å². The van der Waals surface area contributed by atoms with Crippen LogP contribution in [0.5, 0.6) is 0 Å². The molecule has 1 aromatic heterocycles. The van der Waals surface area contributed by atoms with Gasteiger partial charge in [0.05, 0.1) is 11.5 Å². The Kier molecular flexibility index (Phi) is 2.50. The highest BCUT2D eigenvalue weighted by Gasteiger charge is 2.49. The second kappa shape index (κ2) is 3.59. The zero-order valence-electron chi connectivity index (χ0n) is 10.2. The van der Waals surface area contributed by atoms with E-state index < -0.39 is 0 Å². The molecule has 1 saturated carbocycles. The van der Waals surface area contributed by atoms with Crippen molar-refractivity contribution in [3.63, 3.8) is 0 Å². The van der Waals surface area contributed by atoms with Gasteiger partial charge in [-0.05, 0) is 41.9 Å². The molecule has 0 aromatic carbocycles. The highest BCUT2D eigenvalue weighted by atomic mass is 14.6. The Hall–Kier alpha value is -1.36. The van der Waals surface area contributed by atoms with Gasteiger partial charge in [0.25, 0.3) is 0 Å². The lowest BCUT2D eigenvalue weighted by Gasteiger charge is -2.49. The Bertz CT molecular complexity index is 403. The second-order valence-corrected chi connectivity index (χ2v) is 5.90. The molecule has 0 radical (unpaired) electrons. The molecule has 1 aliphatic carbocycles. The van der Waals surface area contributed by atoms with Gasteiger partial charge >= 0.3 is 0 Å². The third-order valence-corrected chi connectivity index (χ3v) is 3.86. The fraction of sp³-hybridized carbons (Fsp3) is 0.571. The number of hydrogen-bond acceptors (Lipinski definition) is 2. The Balaban J connectivity index is 2.19. The molecule has 0 spiro atoms. The molecule has 0 atom stereocenters. The van der Waals surface area contributed by atoms with E-state index in [4.69, 9.17) is 0 Å².